The molecule has 0 saturated heterocycles. The highest BCUT2D eigenvalue weighted by atomic mass is 16.3. The minimum atomic E-state index is 0.0243. The summed E-state index contributed by atoms with van der Waals surface area (Å²) in [5.74, 6) is 1.98. The second kappa shape index (κ2) is 9.44. The second-order valence-electron chi connectivity index (χ2n) is 8.47. The van der Waals surface area contributed by atoms with Gasteiger partial charge in [0.2, 0.25) is 0 Å². The minimum absolute atomic E-state index is 0.0243. The van der Waals surface area contributed by atoms with E-state index in [2.05, 4.69) is 34.3 Å². The van der Waals surface area contributed by atoms with Crippen LogP contribution in [0.3, 0.4) is 0 Å². The summed E-state index contributed by atoms with van der Waals surface area (Å²) in [7, 11) is 0. The van der Waals surface area contributed by atoms with Crippen LogP contribution in [0, 0.1) is 29.6 Å². The molecule has 0 bridgehead atoms. The lowest BCUT2D eigenvalue weighted by Crippen LogP contribution is -2.17. The highest BCUT2D eigenvalue weighted by molar-refractivity contribution is 6.05. The van der Waals surface area contributed by atoms with E-state index in [0.717, 1.165) is 44.1 Å². The maximum absolute atomic E-state index is 13.0. The molecule has 2 nitrogen and oxygen atoms in total. The van der Waals surface area contributed by atoms with Gasteiger partial charge >= 0.3 is 0 Å². The molecule has 138 valence electrons. The molecule has 0 aliphatic heterocycles. The Morgan fingerprint density at radius 1 is 1.04 bits per heavy atom. The van der Waals surface area contributed by atoms with Crippen molar-refractivity contribution in [2.75, 3.05) is 0 Å². The number of carbonyl (C=O) groups is 1. The Morgan fingerprint density at radius 3 is 2.12 bits per heavy atom. The third-order valence-corrected chi connectivity index (χ3v) is 5.52. The number of allylic oxidation sites excluding steroid dienone is 3. The quantitative estimate of drug-likeness (QED) is 0.387. The largest absolute Gasteiger partial charge is 0.511 e. The van der Waals surface area contributed by atoms with Crippen LogP contribution < -0.4 is 0 Å². The zero-order valence-corrected chi connectivity index (χ0v) is 16.7. The number of carbonyl (C=O) groups excluding carboxylic acids is 1. The van der Waals surface area contributed by atoms with E-state index in [9.17, 15) is 9.90 Å². The molecule has 3 atom stereocenters. The lowest BCUT2D eigenvalue weighted by molar-refractivity contribution is -0.119. The van der Waals surface area contributed by atoms with Crippen LogP contribution in [-0.2, 0) is 4.79 Å². The van der Waals surface area contributed by atoms with Crippen LogP contribution in [0.25, 0.3) is 0 Å². The smallest absolute Gasteiger partial charge is 0.170 e. The number of hydrogen-bond donors (Lipinski definition) is 1. The van der Waals surface area contributed by atoms with Gasteiger partial charge in [0.25, 0.3) is 0 Å². The van der Waals surface area contributed by atoms with Gasteiger partial charge in [-0.25, -0.2) is 0 Å². The molecule has 0 aromatic rings. The first-order chi connectivity index (χ1) is 11.2. The molecule has 0 heterocycles. The average molecular weight is 335 g/mol. The Kier molecular flexibility index (Phi) is 8.26. The van der Waals surface area contributed by atoms with Gasteiger partial charge in [0.1, 0.15) is 5.76 Å². The van der Waals surface area contributed by atoms with Crippen molar-refractivity contribution in [2.24, 2.45) is 29.6 Å². The van der Waals surface area contributed by atoms with Crippen molar-refractivity contribution in [3.8, 4) is 0 Å². The molecule has 2 heteroatoms. The first-order valence-electron chi connectivity index (χ1n) is 9.87. The zero-order chi connectivity index (χ0) is 18.4. The summed E-state index contributed by atoms with van der Waals surface area (Å²) < 4.78 is 0. The topological polar surface area (TPSA) is 37.3 Å². The summed E-state index contributed by atoms with van der Waals surface area (Å²) in [5, 5.41) is 10.6. The first kappa shape index (κ1) is 21.0. The van der Waals surface area contributed by atoms with Crippen molar-refractivity contribution in [1.82, 2.24) is 0 Å². The summed E-state index contributed by atoms with van der Waals surface area (Å²) in [6, 6.07) is 0. The van der Waals surface area contributed by atoms with Crippen LogP contribution in [0.5, 0.6) is 0 Å². The van der Waals surface area contributed by atoms with Crippen LogP contribution in [0.4, 0.5) is 0 Å². The van der Waals surface area contributed by atoms with Crippen LogP contribution in [0.1, 0.15) is 80.1 Å². The summed E-state index contributed by atoms with van der Waals surface area (Å²) >= 11 is 0. The molecule has 1 N–H and O–H groups in total. The van der Waals surface area contributed by atoms with Gasteiger partial charge in [-0.2, -0.15) is 0 Å². The van der Waals surface area contributed by atoms with E-state index in [0.29, 0.717) is 17.4 Å². The van der Waals surface area contributed by atoms with E-state index in [1.165, 1.54) is 0 Å². The predicted molar refractivity (Wildman–Crippen MR) is 103 cm³/mol. The Labute approximate surface area is 149 Å². The van der Waals surface area contributed by atoms with Gasteiger partial charge in [-0.05, 0) is 42.6 Å². The van der Waals surface area contributed by atoms with Gasteiger partial charge in [0, 0.05) is 11.8 Å². The Balaban J connectivity index is 3.03. The molecule has 1 saturated carbocycles. The number of ketones is 1. The highest BCUT2D eigenvalue weighted by Gasteiger charge is 2.42. The fourth-order valence-corrected chi connectivity index (χ4v) is 3.65. The second-order valence-corrected chi connectivity index (χ2v) is 8.47. The van der Waals surface area contributed by atoms with Crippen molar-refractivity contribution in [1.29, 1.82) is 0 Å². The van der Waals surface area contributed by atoms with Gasteiger partial charge in [-0.15, -0.1) is 0 Å². The first-order valence-corrected chi connectivity index (χ1v) is 9.87. The molecular formula is C22H38O2. The van der Waals surface area contributed by atoms with Crippen molar-refractivity contribution in [3.63, 3.8) is 0 Å². The van der Waals surface area contributed by atoms with E-state index in [1.54, 1.807) is 0 Å². The van der Waals surface area contributed by atoms with Crippen molar-refractivity contribution >= 4 is 5.78 Å². The monoisotopic (exact) mass is 334 g/mol. The summed E-state index contributed by atoms with van der Waals surface area (Å²) in [4.78, 5) is 13.0. The molecular weight excluding hydrogens is 296 g/mol. The molecule has 0 aromatic heterocycles. The molecule has 0 spiro atoms. The van der Waals surface area contributed by atoms with E-state index in [1.807, 2.05) is 13.8 Å². The molecule has 0 aromatic carbocycles. The lowest BCUT2D eigenvalue weighted by Gasteiger charge is -2.20. The van der Waals surface area contributed by atoms with Gasteiger partial charge in [0.15, 0.2) is 5.78 Å². The van der Waals surface area contributed by atoms with Crippen LogP contribution in [0.2, 0.25) is 0 Å². The number of aliphatic hydroxyl groups excluding tert-OH is 1. The van der Waals surface area contributed by atoms with Gasteiger partial charge in [-0.1, -0.05) is 67.4 Å². The molecule has 1 fully saturated rings. The summed E-state index contributed by atoms with van der Waals surface area (Å²) in [5.41, 5.74) is 1.46. The zero-order valence-electron chi connectivity index (χ0n) is 16.7. The average Bonchev–Trinajstić information content (AvgIpc) is 2.74. The molecule has 24 heavy (non-hydrogen) atoms. The predicted octanol–water partition coefficient (Wildman–Crippen LogP) is 6.48. The molecule has 1 rings (SSSR count). The van der Waals surface area contributed by atoms with Crippen LogP contribution >= 0.6 is 0 Å². The summed E-state index contributed by atoms with van der Waals surface area (Å²) in [6.45, 7) is 17.2. The third-order valence-electron chi connectivity index (χ3n) is 5.52. The molecule has 3 unspecified atom stereocenters. The molecule has 1 aliphatic rings. The minimum Gasteiger partial charge on any atom is -0.511 e. The van der Waals surface area contributed by atoms with Crippen molar-refractivity contribution < 1.29 is 9.90 Å². The Bertz CT molecular complexity index is 470. The number of hydrogen-bond acceptors (Lipinski definition) is 2. The molecule has 0 radical (unpaired) electrons. The fraction of sp³-hybridized carbons (Fsp3) is 0.773. The van der Waals surface area contributed by atoms with Crippen molar-refractivity contribution in [2.45, 2.75) is 80.1 Å². The maximum Gasteiger partial charge on any atom is 0.170 e. The SMILES string of the molecule is C=C1/C(=C(\O)C(C)CC)C(=O)C(CCCC(C)C)C1CCC(C)C. The van der Waals surface area contributed by atoms with Crippen molar-refractivity contribution in [3.05, 3.63) is 23.5 Å². The van der Waals surface area contributed by atoms with Gasteiger partial charge in [0.05, 0.1) is 5.57 Å². The Morgan fingerprint density at radius 2 is 1.62 bits per heavy atom. The van der Waals surface area contributed by atoms with Crippen LogP contribution in [0.15, 0.2) is 23.5 Å². The number of aliphatic hydroxyl groups is 1. The summed E-state index contributed by atoms with van der Waals surface area (Å²) in [6.07, 6.45) is 6.11. The molecule has 0 amide bonds. The molecule has 1 aliphatic carbocycles. The lowest BCUT2D eigenvalue weighted by atomic mass is 9.83. The fourth-order valence-electron chi connectivity index (χ4n) is 3.65. The van der Waals surface area contributed by atoms with Gasteiger partial charge in [-0.3, -0.25) is 4.79 Å². The van der Waals surface area contributed by atoms with E-state index in [4.69, 9.17) is 0 Å². The van der Waals surface area contributed by atoms with E-state index < -0.39 is 0 Å². The highest BCUT2D eigenvalue weighted by Crippen LogP contribution is 2.44. The van der Waals surface area contributed by atoms with E-state index >= 15 is 0 Å². The Hall–Kier alpha value is -1.05. The normalized spacial score (nSPS) is 25.0. The van der Waals surface area contributed by atoms with Gasteiger partial charge < -0.3 is 5.11 Å². The van der Waals surface area contributed by atoms with E-state index in [-0.39, 0.29) is 29.3 Å². The number of Topliss-reactive ketones (excluding diaryl/α,β-unsaturated/α-hetero) is 1. The standard InChI is InChI=1S/C22H38O2/c1-8-16(6)21(23)20-17(7)18(13-12-15(4)5)19(22(20)24)11-9-10-14(2)3/h14-16,18-19,23H,7-13H2,1-6H3/b21-20+. The van der Waals surface area contributed by atoms with Crippen LogP contribution in [-0.4, -0.2) is 10.9 Å². The maximum atomic E-state index is 13.0. The number of rotatable bonds is 9. The third kappa shape index (κ3) is 5.22.